The van der Waals surface area contributed by atoms with Crippen LogP contribution in [0.2, 0.25) is 0 Å². The quantitative estimate of drug-likeness (QED) is 0.210. The van der Waals surface area contributed by atoms with Gasteiger partial charge in [-0.15, -0.1) is 5.10 Å². The number of rotatable bonds is 10. The van der Waals surface area contributed by atoms with Gasteiger partial charge in [0.1, 0.15) is 0 Å². The summed E-state index contributed by atoms with van der Waals surface area (Å²) in [6, 6.07) is 0.165. The fraction of sp³-hybridized carbons (Fsp3) is 0.760. The molecule has 3 N–H and O–H groups in total. The lowest BCUT2D eigenvalue weighted by Crippen LogP contribution is -2.40. The van der Waals surface area contributed by atoms with Crippen LogP contribution in [0.5, 0.6) is 0 Å². The maximum absolute atomic E-state index is 6.67. The molecule has 0 aromatic rings. The van der Waals surface area contributed by atoms with E-state index in [1.54, 1.807) is 6.21 Å². The molecule has 0 bridgehead atoms. The largest absolute Gasteiger partial charge is 0.330 e. The highest BCUT2D eigenvalue weighted by molar-refractivity contribution is 5.73. The van der Waals surface area contributed by atoms with Crippen LogP contribution in [0.1, 0.15) is 53.9 Å². The zero-order chi connectivity index (χ0) is 24.8. The Morgan fingerprint density at radius 3 is 2.28 bits per heavy atom. The first-order valence-corrected chi connectivity index (χ1v) is 12.2. The number of allylic oxidation sites excluding steroid dienone is 3. The SMILES string of the molecule is CC.CC/C=C\C1CC1CCN.CCN(C)C.CCN(C)C(/C=N/N=N)[C@@H]1C=CC=NC1. The third-order valence-corrected chi connectivity index (χ3v) is 5.36. The average molecular weight is 450 g/mol. The highest BCUT2D eigenvalue weighted by Gasteiger charge is 2.33. The van der Waals surface area contributed by atoms with Crippen molar-refractivity contribution in [2.75, 3.05) is 47.3 Å². The second-order valence-corrected chi connectivity index (χ2v) is 7.96. The third-order valence-electron chi connectivity index (χ3n) is 5.36. The molecule has 1 aliphatic carbocycles. The lowest BCUT2D eigenvalue weighted by molar-refractivity contribution is 0.271. The summed E-state index contributed by atoms with van der Waals surface area (Å²) in [6.45, 7) is 14.1. The van der Waals surface area contributed by atoms with Gasteiger partial charge in [0, 0.05) is 24.9 Å². The molecule has 2 rings (SSSR count). The number of dihydropyridines is 1. The molecule has 7 nitrogen and oxygen atoms in total. The predicted molar refractivity (Wildman–Crippen MR) is 142 cm³/mol. The summed E-state index contributed by atoms with van der Waals surface area (Å²) < 4.78 is 0. The maximum Gasteiger partial charge on any atom is 0.0548 e. The number of nitrogens with one attached hydrogen (secondary N) is 1. The van der Waals surface area contributed by atoms with E-state index in [4.69, 9.17) is 11.3 Å². The number of nitrogens with two attached hydrogens (primary N) is 1. The zero-order valence-electron chi connectivity index (χ0n) is 22.0. The highest BCUT2D eigenvalue weighted by atomic mass is 15.3. The lowest BCUT2D eigenvalue weighted by atomic mass is 9.97. The average Bonchev–Trinajstić information content (AvgIpc) is 3.58. The van der Waals surface area contributed by atoms with Crippen LogP contribution in [0.3, 0.4) is 0 Å². The summed E-state index contributed by atoms with van der Waals surface area (Å²) in [4.78, 5) is 8.52. The first kappa shape index (κ1) is 32.5. The van der Waals surface area contributed by atoms with Gasteiger partial charge in [0.25, 0.3) is 0 Å². The van der Waals surface area contributed by atoms with Crippen molar-refractivity contribution in [3.05, 3.63) is 24.3 Å². The first-order chi connectivity index (χ1) is 15.4. The Hall–Kier alpha value is -1.70. The summed E-state index contributed by atoms with van der Waals surface area (Å²) in [5.41, 5.74) is 12.1. The molecule has 7 heteroatoms. The Kier molecular flexibility index (Phi) is 22.8. The zero-order valence-corrected chi connectivity index (χ0v) is 22.0. The Balaban J connectivity index is 0. The van der Waals surface area contributed by atoms with E-state index in [-0.39, 0.29) is 6.04 Å². The number of hydrogen-bond donors (Lipinski definition) is 2. The fourth-order valence-electron chi connectivity index (χ4n) is 2.95. The van der Waals surface area contributed by atoms with E-state index in [2.05, 4.69) is 78.2 Å². The summed E-state index contributed by atoms with van der Waals surface area (Å²) >= 11 is 0. The second kappa shape index (κ2) is 22.5. The predicted octanol–water partition coefficient (Wildman–Crippen LogP) is 5.11. The van der Waals surface area contributed by atoms with Crippen molar-refractivity contribution in [2.24, 2.45) is 38.8 Å². The second-order valence-electron chi connectivity index (χ2n) is 7.96. The fourth-order valence-corrected chi connectivity index (χ4v) is 2.95. The van der Waals surface area contributed by atoms with Gasteiger partial charge >= 0.3 is 0 Å². The Bertz CT molecular complexity index is 540. The Morgan fingerprint density at radius 1 is 1.19 bits per heavy atom. The van der Waals surface area contributed by atoms with Crippen molar-refractivity contribution in [3.8, 4) is 0 Å². The molecule has 32 heavy (non-hydrogen) atoms. The van der Waals surface area contributed by atoms with Gasteiger partial charge in [0.15, 0.2) is 0 Å². The summed E-state index contributed by atoms with van der Waals surface area (Å²) in [7, 11) is 6.15. The Labute approximate surface area is 198 Å². The first-order valence-electron chi connectivity index (χ1n) is 12.2. The molecule has 0 aromatic heterocycles. The number of hydrogen-bond acceptors (Lipinski definition) is 6. The normalized spacial score (nSPS) is 22.0. The van der Waals surface area contributed by atoms with Crippen molar-refractivity contribution >= 4 is 12.4 Å². The molecule has 1 aliphatic heterocycles. The van der Waals surface area contributed by atoms with E-state index >= 15 is 0 Å². The van der Waals surface area contributed by atoms with Crippen LogP contribution >= 0.6 is 0 Å². The van der Waals surface area contributed by atoms with Gasteiger partial charge in [-0.2, -0.15) is 5.53 Å². The molecular formula is C25H51N7. The molecule has 186 valence electrons. The monoisotopic (exact) mass is 449 g/mol. The van der Waals surface area contributed by atoms with Gasteiger partial charge in [0.05, 0.1) is 6.04 Å². The smallest absolute Gasteiger partial charge is 0.0548 e. The molecule has 1 heterocycles. The molecule has 1 fully saturated rings. The highest BCUT2D eigenvalue weighted by Crippen LogP contribution is 2.41. The molecule has 3 unspecified atom stereocenters. The molecule has 0 radical (unpaired) electrons. The van der Waals surface area contributed by atoms with Crippen LogP contribution in [-0.2, 0) is 0 Å². The van der Waals surface area contributed by atoms with Gasteiger partial charge < -0.3 is 10.6 Å². The van der Waals surface area contributed by atoms with Crippen molar-refractivity contribution < 1.29 is 0 Å². The van der Waals surface area contributed by atoms with Crippen LogP contribution in [0, 0.1) is 23.3 Å². The molecule has 4 atom stereocenters. The topological polar surface area (TPSA) is 93.4 Å². The van der Waals surface area contributed by atoms with E-state index in [1.807, 2.05) is 33.2 Å². The van der Waals surface area contributed by atoms with E-state index in [1.165, 1.54) is 19.3 Å². The molecule has 0 amide bonds. The molecule has 0 saturated heterocycles. The Morgan fingerprint density at radius 2 is 1.84 bits per heavy atom. The molecule has 2 aliphatic rings. The van der Waals surface area contributed by atoms with E-state index in [0.29, 0.717) is 5.92 Å². The van der Waals surface area contributed by atoms with Crippen molar-refractivity contribution in [2.45, 2.75) is 59.9 Å². The number of nitrogens with zero attached hydrogens (tertiary/aromatic N) is 5. The summed E-state index contributed by atoms with van der Waals surface area (Å²) in [5.74, 6) is 2.13. The molecule has 1 saturated carbocycles. The van der Waals surface area contributed by atoms with Crippen molar-refractivity contribution in [1.82, 2.24) is 9.80 Å². The van der Waals surface area contributed by atoms with E-state index in [9.17, 15) is 0 Å². The summed E-state index contributed by atoms with van der Waals surface area (Å²) in [6.07, 6.45) is 16.0. The maximum atomic E-state index is 6.67. The van der Waals surface area contributed by atoms with Crippen LogP contribution < -0.4 is 5.73 Å². The minimum atomic E-state index is 0.165. The van der Waals surface area contributed by atoms with E-state index < -0.39 is 0 Å². The van der Waals surface area contributed by atoms with Crippen LogP contribution in [0.4, 0.5) is 0 Å². The standard InChI is InChI=1S/C10H17N5.C9H17N.C4H11N.C2H6/c1-3-15(2)10(8-13-14-11)9-5-4-6-12-7-9;1-2-3-4-8-7-9(8)5-6-10;1-4-5(2)3;1-2/h4-6,8-11H,3,7H2,1-2H3;3-4,8-9H,2,5-7,10H2,1H3;4H2,1-3H3;1-2H3/b13-8+,14-11?;4-3-;;/t9-,10?;;;/m1.../s1. The minimum Gasteiger partial charge on any atom is -0.330 e. The number of aliphatic imine (C=N–C) groups is 1. The molecule has 0 aromatic carbocycles. The molecular weight excluding hydrogens is 398 g/mol. The van der Waals surface area contributed by atoms with Crippen LogP contribution in [-0.4, -0.2) is 75.6 Å². The minimum absolute atomic E-state index is 0.165. The van der Waals surface area contributed by atoms with Gasteiger partial charge in [-0.1, -0.05) is 58.1 Å². The van der Waals surface area contributed by atoms with Gasteiger partial charge in [-0.3, -0.25) is 9.89 Å². The van der Waals surface area contributed by atoms with Crippen molar-refractivity contribution in [3.63, 3.8) is 0 Å². The van der Waals surface area contributed by atoms with Crippen LogP contribution in [0.25, 0.3) is 0 Å². The van der Waals surface area contributed by atoms with Crippen LogP contribution in [0.15, 0.2) is 39.6 Å². The summed E-state index contributed by atoms with van der Waals surface area (Å²) in [5, 5.41) is 6.67. The van der Waals surface area contributed by atoms with Crippen molar-refractivity contribution in [1.29, 1.82) is 5.53 Å². The van der Waals surface area contributed by atoms with E-state index in [0.717, 1.165) is 38.0 Å². The lowest BCUT2D eigenvalue weighted by Gasteiger charge is -2.29. The van der Waals surface area contributed by atoms with Gasteiger partial charge in [0.2, 0.25) is 0 Å². The van der Waals surface area contributed by atoms with Gasteiger partial charge in [-0.05, 0) is 78.0 Å². The third kappa shape index (κ3) is 16.9. The molecule has 0 spiro atoms. The van der Waals surface area contributed by atoms with Gasteiger partial charge in [-0.25, -0.2) is 0 Å².